The first-order valence-corrected chi connectivity index (χ1v) is 10.4. The summed E-state index contributed by atoms with van der Waals surface area (Å²) in [6, 6.07) is 12.2. The maximum Gasteiger partial charge on any atom is 0.416 e. The molecule has 0 radical (unpaired) electrons. The highest BCUT2D eigenvalue weighted by molar-refractivity contribution is 7.79. The molecule has 0 aliphatic carbocycles. The molecule has 0 aliphatic heterocycles. The van der Waals surface area contributed by atoms with Crippen molar-refractivity contribution in [1.82, 2.24) is 4.98 Å². The van der Waals surface area contributed by atoms with E-state index in [9.17, 15) is 21.9 Å². The zero-order valence-corrected chi connectivity index (χ0v) is 16.8. The van der Waals surface area contributed by atoms with Gasteiger partial charge in [-0.1, -0.05) is 42.0 Å². The van der Waals surface area contributed by atoms with Crippen molar-refractivity contribution in [2.45, 2.75) is 31.7 Å². The van der Waals surface area contributed by atoms with Gasteiger partial charge in [0.2, 0.25) is 0 Å². The van der Waals surface area contributed by atoms with Crippen LogP contribution >= 0.6 is 11.3 Å². The van der Waals surface area contributed by atoms with E-state index in [1.54, 1.807) is 19.1 Å². The molecule has 28 heavy (non-hydrogen) atoms. The number of rotatable bonds is 5. The second kappa shape index (κ2) is 8.14. The Balaban J connectivity index is 1.86. The molecule has 3 rings (SSSR count). The molecule has 2 unspecified atom stereocenters. The minimum atomic E-state index is -4.38. The van der Waals surface area contributed by atoms with Crippen LogP contribution in [-0.4, -0.2) is 13.7 Å². The summed E-state index contributed by atoms with van der Waals surface area (Å²) in [5, 5.41) is -0.103. The Morgan fingerprint density at radius 1 is 1.07 bits per heavy atom. The quantitative estimate of drug-likeness (QED) is 0.501. The molecule has 2 atom stereocenters. The number of benzene rings is 2. The number of hydrogen-bond acceptors (Lipinski definition) is 4. The number of alkyl halides is 3. The summed E-state index contributed by atoms with van der Waals surface area (Å²) < 4.78 is 61.7. The van der Waals surface area contributed by atoms with E-state index >= 15 is 0 Å². The largest absolute Gasteiger partial charge is 0.772 e. The summed E-state index contributed by atoms with van der Waals surface area (Å²) in [7, 11) is 0. The van der Waals surface area contributed by atoms with E-state index in [0.717, 1.165) is 22.6 Å². The summed E-state index contributed by atoms with van der Waals surface area (Å²) in [5.74, 6) is 0. The van der Waals surface area contributed by atoms with Gasteiger partial charge in [-0.15, -0.1) is 11.3 Å². The molecular formula is C20H17F3NO2S2-. The lowest BCUT2D eigenvalue weighted by Gasteiger charge is -2.19. The van der Waals surface area contributed by atoms with Gasteiger partial charge >= 0.3 is 6.18 Å². The standard InChI is InChI=1S/C20H18F3NO2S2/c1-12-3-5-14(6-4-12)17(28(25)26)11-18-24-13(2)19(27-18)15-7-9-16(10-8-15)20(21,22)23/h3-10,17H,11H2,1-2H3,(H,25,26)/p-1. The van der Waals surface area contributed by atoms with Gasteiger partial charge in [-0.05, 0) is 48.2 Å². The van der Waals surface area contributed by atoms with E-state index in [1.807, 2.05) is 19.1 Å². The number of aromatic nitrogens is 1. The Labute approximate surface area is 167 Å². The van der Waals surface area contributed by atoms with Crippen LogP contribution in [0.25, 0.3) is 10.4 Å². The van der Waals surface area contributed by atoms with Crippen molar-refractivity contribution in [1.29, 1.82) is 0 Å². The molecule has 0 saturated heterocycles. The van der Waals surface area contributed by atoms with Crippen LogP contribution in [0.15, 0.2) is 48.5 Å². The highest BCUT2D eigenvalue weighted by Gasteiger charge is 2.30. The average molecular weight is 424 g/mol. The fourth-order valence-electron chi connectivity index (χ4n) is 2.85. The van der Waals surface area contributed by atoms with Crippen molar-refractivity contribution in [3.8, 4) is 10.4 Å². The highest BCUT2D eigenvalue weighted by atomic mass is 32.2. The normalized spacial score (nSPS) is 14.1. The molecule has 0 N–H and O–H groups in total. The minimum Gasteiger partial charge on any atom is -0.772 e. The minimum absolute atomic E-state index is 0.214. The molecule has 8 heteroatoms. The second-order valence-electron chi connectivity index (χ2n) is 6.46. The van der Waals surface area contributed by atoms with Crippen LogP contribution in [-0.2, 0) is 23.7 Å². The van der Waals surface area contributed by atoms with Gasteiger partial charge < -0.3 is 4.55 Å². The van der Waals surface area contributed by atoms with Crippen molar-refractivity contribution in [3.05, 3.63) is 75.9 Å². The Hall–Kier alpha value is -2.03. The monoisotopic (exact) mass is 424 g/mol. The van der Waals surface area contributed by atoms with Crippen molar-refractivity contribution in [2.24, 2.45) is 0 Å². The molecule has 1 aromatic heterocycles. The first-order chi connectivity index (χ1) is 13.1. The van der Waals surface area contributed by atoms with Gasteiger partial charge in [0.1, 0.15) is 0 Å². The number of thiazole rings is 1. The Morgan fingerprint density at radius 2 is 1.68 bits per heavy atom. The van der Waals surface area contributed by atoms with Crippen LogP contribution in [0.5, 0.6) is 0 Å². The topological polar surface area (TPSA) is 53.0 Å². The van der Waals surface area contributed by atoms with Crippen LogP contribution in [0.2, 0.25) is 0 Å². The first-order valence-electron chi connectivity index (χ1n) is 8.43. The maximum atomic E-state index is 12.7. The molecule has 0 saturated carbocycles. The lowest BCUT2D eigenvalue weighted by atomic mass is 10.1. The Kier molecular flexibility index (Phi) is 6.02. The highest BCUT2D eigenvalue weighted by Crippen LogP contribution is 2.35. The van der Waals surface area contributed by atoms with Crippen molar-refractivity contribution in [3.63, 3.8) is 0 Å². The van der Waals surface area contributed by atoms with Gasteiger partial charge in [0.25, 0.3) is 0 Å². The molecule has 1 heterocycles. The van der Waals surface area contributed by atoms with Crippen molar-refractivity contribution < 1.29 is 21.9 Å². The molecule has 0 spiro atoms. The first kappa shape index (κ1) is 20.7. The Bertz CT molecular complexity index is 980. The van der Waals surface area contributed by atoms with Crippen LogP contribution in [0.3, 0.4) is 0 Å². The summed E-state index contributed by atoms with van der Waals surface area (Å²) in [4.78, 5) is 5.19. The number of aryl methyl sites for hydroxylation is 2. The molecule has 2 aromatic carbocycles. The molecule has 3 aromatic rings. The van der Waals surface area contributed by atoms with Gasteiger partial charge in [0.15, 0.2) is 0 Å². The molecule has 0 fully saturated rings. The predicted octanol–water partition coefficient (Wildman–Crippen LogP) is 5.61. The van der Waals surface area contributed by atoms with Crippen LogP contribution in [0.4, 0.5) is 13.2 Å². The fraction of sp³-hybridized carbons (Fsp3) is 0.250. The molecular weight excluding hydrogens is 407 g/mol. The SMILES string of the molecule is Cc1ccc(C(Cc2nc(C)c(-c3ccc(C(F)(F)F)cc3)s2)S(=O)[O-])cc1. The molecule has 0 aliphatic rings. The fourth-order valence-corrected chi connectivity index (χ4v) is 4.75. The lowest BCUT2D eigenvalue weighted by Crippen LogP contribution is -2.09. The van der Waals surface area contributed by atoms with E-state index in [1.165, 1.54) is 23.5 Å². The van der Waals surface area contributed by atoms with Gasteiger partial charge in [-0.2, -0.15) is 13.2 Å². The van der Waals surface area contributed by atoms with E-state index < -0.39 is 28.1 Å². The molecule has 148 valence electrons. The van der Waals surface area contributed by atoms with E-state index in [-0.39, 0.29) is 6.42 Å². The van der Waals surface area contributed by atoms with Crippen LogP contribution in [0, 0.1) is 13.8 Å². The van der Waals surface area contributed by atoms with Gasteiger partial charge in [0.05, 0.1) is 26.4 Å². The number of nitrogens with zero attached hydrogens (tertiary/aromatic N) is 1. The third kappa shape index (κ3) is 4.68. The third-order valence-corrected chi connectivity index (χ3v) is 6.49. The molecule has 3 nitrogen and oxygen atoms in total. The summed E-state index contributed by atoms with van der Waals surface area (Å²) in [5.41, 5.74) is 2.31. The zero-order chi connectivity index (χ0) is 20.5. The van der Waals surface area contributed by atoms with Gasteiger partial charge in [-0.3, -0.25) is 4.21 Å². The van der Waals surface area contributed by atoms with Gasteiger partial charge in [-0.25, -0.2) is 4.98 Å². The lowest BCUT2D eigenvalue weighted by molar-refractivity contribution is -0.137. The summed E-state index contributed by atoms with van der Waals surface area (Å²) >= 11 is -1.02. The number of hydrogen-bond donors (Lipinski definition) is 0. The van der Waals surface area contributed by atoms with Crippen LogP contribution in [0.1, 0.15) is 32.6 Å². The smallest absolute Gasteiger partial charge is 0.416 e. The summed E-state index contributed by atoms with van der Waals surface area (Å²) in [6.45, 7) is 3.69. The predicted molar refractivity (Wildman–Crippen MR) is 104 cm³/mol. The van der Waals surface area contributed by atoms with E-state index in [0.29, 0.717) is 21.8 Å². The van der Waals surface area contributed by atoms with Gasteiger partial charge in [0, 0.05) is 6.42 Å². The average Bonchev–Trinajstić information content (AvgIpc) is 3.00. The molecule has 0 amide bonds. The van der Waals surface area contributed by atoms with E-state index in [4.69, 9.17) is 0 Å². The number of halogens is 3. The summed E-state index contributed by atoms with van der Waals surface area (Å²) in [6.07, 6.45) is -4.17. The molecule has 0 bridgehead atoms. The third-order valence-electron chi connectivity index (χ3n) is 4.36. The Morgan fingerprint density at radius 3 is 2.21 bits per heavy atom. The van der Waals surface area contributed by atoms with Crippen LogP contribution < -0.4 is 0 Å². The van der Waals surface area contributed by atoms with Crippen molar-refractivity contribution in [2.75, 3.05) is 0 Å². The van der Waals surface area contributed by atoms with E-state index in [2.05, 4.69) is 4.98 Å². The zero-order valence-electron chi connectivity index (χ0n) is 15.1. The maximum absolute atomic E-state index is 12.7. The second-order valence-corrected chi connectivity index (χ2v) is 8.63. The van der Waals surface area contributed by atoms with Crippen molar-refractivity contribution >= 4 is 22.4 Å².